The fourth-order valence-electron chi connectivity index (χ4n) is 4.66. The van der Waals surface area contributed by atoms with E-state index in [0.29, 0.717) is 18.0 Å². The number of hydrogen-bond acceptors (Lipinski definition) is 4. The first kappa shape index (κ1) is 13.3. The molecule has 118 valence electrons. The molecule has 2 fully saturated rings. The number of nitrogens with one attached hydrogen (secondary N) is 1. The molecule has 3 aliphatic rings. The molecule has 1 N–H and O–H groups in total. The van der Waals surface area contributed by atoms with E-state index in [1.807, 2.05) is 0 Å². The monoisotopic (exact) mass is 306 g/mol. The van der Waals surface area contributed by atoms with Gasteiger partial charge in [0.1, 0.15) is 18.0 Å². The van der Waals surface area contributed by atoms with E-state index in [-0.39, 0.29) is 0 Å². The van der Waals surface area contributed by atoms with Gasteiger partial charge in [-0.25, -0.2) is 9.97 Å². The molecule has 5 rings (SSSR count). The number of aromatic nitrogens is 2. The SMILES string of the molecule is c1ccc2c(c1)[C@H]1C[C@H]2N(c2cc(NC3CCCC3)ncn2)C1. The molecule has 2 aromatic rings. The highest BCUT2D eigenvalue weighted by molar-refractivity contribution is 5.56. The lowest BCUT2D eigenvalue weighted by Crippen LogP contribution is -2.28. The summed E-state index contributed by atoms with van der Waals surface area (Å²) in [6.07, 6.45) is 8.14. The molecule has 2 aliphatic carbocycles. The van der Waals surface area contributed by atoms with Gasteiger partial charge in [-0.1, -0.05) is 37.1 Å². The van der Waals surface area contributed by atoms with Crippen molar-refractivity contribution in [3.8, 4) is 0 Å². The Balaban J connectivity index is 1.41. The smallest absolute Gasteiger partial charge is 0.134 e. The first-order chi connectivity index (χ1) is 11.4. The molecule has 2 bridgehead atoms. The van der Waals surface area contributed by atoms with Crippen LogP contribution in [0.3, 0.4) is 0 Å². The number of benzene rings is 1. The predicted octanol–water partition coefficient (Wildman–Crippen LogP) is 3.88. The van der Waals surface area contributed by atoms with E-state index in [4.69, 9.17) is 0 Å². The van der Waals surface area contributed by atoms with Gasteiger partial charge in [-0.15, -0.1) is 0 Å². The minimum atomic E-state index is 0.491. The summed E-state index contributed by atoms with van der Waals surface area (Å²) in [5, 5.41) is 3.59. The molecule has 4 heteroatoms. The predicted molar refractivity (Wildman–Crippen MR) is 91.8 cm³/mol. The van der Waals surface area contributed by atoms with E-state index >= 15 is 0 Å². The van der Waals surface area contributed by atoms with Crippen molar-refractivity contribution in [3.63, 3.8) is 0 Å². The first-order valence-corrected chi connectivity index (χ1v) is 8.82. The average molecular weight is 306 g/mol. The van der Waals surface area contributed by atoms with Crippen LogP contribution < -0.4 is 10.2 Å². The molecule has 0 amide bonds. The van der Waals surface area contributed by atoms with Gasteiger partial charge >= 0.3 is 0 Å². The summed E-state index contributed by atoms with van der Waals surface area (Å²) in [4.78, 5) is 11.5. The van der Waals surface area contributed by atoms with Crippen molar-refractivity contribution >= 4 is 11.6 Å². The largest absolute Gasteiger partial charge is 0.367 e. The second kappa shape index (κ2) is 5.22. The van der Waals surface area contributed by atoms with Gasteiger partial charge < -0.3 is 10.2 Å². The van der Waals surface area contributed by atoms with Gasteiger partial charge in [-0.2, -0.15) is 0 Å². The maximum atomic E-state index is 4.56. The number of rotatable bonds is 3. The van der Waals surface area contributed by atoms with Crippen LogP contribution in [0.15, 0.2) is 36.7 Å². The average Bonchev–Trinajstić information content (AvgIpc) is 3.32. The quantitative estimate of drug-likeness (QED) is 0.934. The van der Waals surface area contributed by atoms with Crippen LogP contribution in [0.5, 0.6) is 0 Å². The van der Waals surface area contributed by atoms with Crippen LogP contribution >= 0.6 is 0 Å². The molecule has 0 unspecified atom stereocenters. The third kappa shape index (κ3) is 2.19. The molecule has 23 heavy (non-hydrogen) atoms. The summed E-state index contributed by atoms with van der Waals surface area (Å²) in [6.45, 7) is 1.08. The normalized spacial score (nSPS) is 25.8. The molecule has 1 aliphatic heterocycles. The minimum Gasteiger partial charge on any atom is -0.367 e. The third-order valence-electron chi connectivity index (χ3n) is 5.75. The number of fused-ring (bicyclic) bond motifs is 5. The van der Waals surface area contributed by atoms with Crippen molar-refractivity contribution in [2.45, 2.75) is 50.1 Å². The zero-order valence-electron chi connectivity index (χ0n) is 13.3. The summed E-state index contributed by atoms with van der Waals surface area (Å²) in [7, 11) is 0. The summed E-state index contributed by atoms with van der Waals surface area (Å²) >= 11 is 0. The molecular formula is C19H22N4. The van der Waals surface area contributed by atoms with E-state index in [1.54, 1.807) is 11.9 Å². The Labute approximate surface area is 137 Å². The summed E-state index contributed by atoms with van der Waals surface area (Å²) in [5.41, 5.74) is 3.04. The van der Waals surface area contributed by atoms with E-state index in [2.05, 4.69) is 50.5 Å². The van der Waals surface area contributed by atoms with Crippen molar-refractivity contribution in [1.29, 1.82) is 0 Å². The number of anilines is 2. The summed E-state index contributed by atoms with van der Waals surface area (Å²) in [6, 6.07) is 12.1. The summed E-state index contributed by atoms with van der Waals surface area (Å²) < 4.78 is 0. The Morgan fingerprint density at radius 3 is 2.74 bits per heavy atom. The van der Waals surface area contributed by atoms with Crippen LogP contribution in [0, 0.1) is 0 Å². The third-order valence-corrected chi connectivity index (χ3v) is 5.75. The van der Waals surface area contributed by atoms with Gasteiger partial charge in [-0.05, 0) is 30.4 Å². The molecule has 1 saturated carbocycles. The molecule has 1 saturated heterocycles. The molecule has 2 atom stereocenters. The van der Waals surface area contributed by atoms with Crippen LogP contribution in [0.1, 0.15) is 55.2 Å². The van der Waals surface area contributed by atoms with Crippen LogP contribution in [0.2, 0.25) is 0 Å². The molecule has 4 nitrogen and oxygen atoms in total. The van der Waals surface area contributed by atoms with Crippen LogP contribution in [0.4, 0.5) is 11.6 Å². The Kier molecular flexibility index (Phi) is 3.03. The molecule has 1 aromatic heterocycles. The Morgan fingerprint density at radius 2 is 1.87 bits per heavy atom. The Morgan fingerprint density at radius 1 is 1.04 bits per heavy atom. The van der Waals surface area contributed by atoms with Crippen molar-refractivity contribution in [2.75, 3.05) is 16.8 Å². The highest BCUT2D eigenvalue weighted by atomic mass is 15.3. The fraction of sp³-hybridized carbons (Fsp3) is 0.474. The van der Waals surface area contributed by atoms with Crippen molar-refractivity contribution in [3.05, 3.63) is 47.8 Å². The van der Waals surface area contributed by atoms with Crippen LogP contribution in [-0.2, 0) is 0 Å². The topological polar surface area (TPSA) is 41.0 Å². The molecule has 1 aromatic carbocycles. The van der Waals surface area contributed by atoms with Gasteiger partial charge in [0.15, 0.2) is 0 Å². The Hall–Kier alpha value is -2.10. The van der Waals surface area contributed by atoms with Gasteiger partial charge in [-0.3, -0.25) is 0 Å². The number of nitrogens with zero attached hydrogens (tertiary/aromatic N) is 3. The zero-order chi connectivity index (χ0) is 15.2. The first-order valence-electron chi connectivity index (χ1n) is 8.82. The molecule has 0 spiro atoms. The van der Waals surface area contributed by atoms with E-state index < -0.39 is 0 Å². The minimum absolute atomic E-state index is 0.491. The lowest BCUT2D eigenvalue weighted by Gasteiger charge is -2.30. The van der Waals surface area contributed by atoms with Gasteiger partial charge in [0, 0.05) is 24.6 Å². The molecular weight excluding hydrogens is 284 g/mol. The van der Waals surface area contributed by atoms with Crippen molar-refractivity contribution in [1.82, 2.24) is 9.97 Å². The lowest BCUT2D eigenvalue weighted by molar-refractivity contribution is 0.725. The highest BCUT2D eigenvalue weighted by Crippen LogP contribution is 2.51. The fourth-order valence-corrected chi connectivity index (χ4v) is 4.66. The van der Waals surface area contributed by atoms with Gasteiger partial charge in [0.05, 0.1) is 6.04 Å². The van der Waals surface area contributed by atoms with Crippen molar-refractivity contribution < 1.29 is 0 Å². The highest BCUT2D eigenvalue weighted by Gasteiger charge is 2.42. The molecule has 0 radical (unpaired) electrons. The maximum Gasteiger partial charge on any atom is 0.134 e. The summed E-state index contributed by atoms with van der Waals surface area (Å²) in [5.74, 6) is 2.72. The van der Waals surface area contributed by atoms with E-state index in [1.165, 1.54) is 37.7 Å². The van der Waals surface area contributed by atoms with Crippen LogP contribution in [0.25, 0.3) is 0 Å². The standard InChI is InChI=1S/C19H22N4/c1-2-6-14(5-1)22-18-10-19(21-12-20-18)23-11-13-9-17(23)16-8-4-3-7-15(13)16/h3-4,7-8,10,12-14,17H,1-2,5-6,9,11H2,(H,20,21,22)/t13-,17+/m0/s1. The van der Waals surface area contributed by atoms with Crippen LogP contribution in [-0.4, -0.2) is 22.6 Å². The second-order valence-corrected chi connectivity index (χ2v) is 7.12. The van der Waals surface area contributed by atoms with E-state index in [0.717, 1.165) is 18.2 Å². The second-order valence-electron chi connectivity index (χ2n) is 7.12. The number of hydrogen-bond donors (Lipinski definition) is 1. The van der Waals surface area contributed by atoms with Gasteiger partial charge in [0.2, 0.25) is 0 Å². The van der Waals surface area contributed by atoms with Gasteiger partial charge in [0.25, 0.3) is 0 Å². The molecule has 2 heterocycles. The zero-order valence-corrected chi connectivity index (χ0v) is 13.3. The maximum absolute atomic E-state index is 4.56. The Bertz CT molecular complexity index is 723. The lowest BCUT2D eigenvalue weighted by atomic mass is 9.99. The van der Waals surface area contributed by atoms with Crippen molar-refractivity contribution in [2.24, 2.45) is 0 Å². The van der Waals surface area contributed by atoms with E-state index in [9.17, 15) is 0 Å².